The first-order valence-electron chi connectivity index (χ1n) is 9.10. The Hall–Kier alpha value is -2.12. The Balaban J connectivity index is 2.18. The molecule has 7 heteroatoms. The molecule has 0 spiro atoms. The summed E-state index contributed by atoms with van der Waals surface area (Å²) in [6.45, 7) is 9.20. The molecule has 0 aliphatic carbocycles. The first kappa shape index (κ1) is 22.2. The predicted molar refractivity (Wildman–Crippen MR) is 121 cm³/mol. The van der Waals surface area contributed by atoms with E-state index in [0.717, 1.165) is 17.4 Å². The molecule has 0 fully saturated rings. The average Bonchev–Trinajstić information content (AvgIpc) is 2.58. The van der Waals surface area contributed by atoms with Crippen molar-refractivity contribution in [3.63, 3.8) is 0 Å². The number of benzene rings is 2. The van der Waals surface area contributed by atoms with Gasteiger partial charge in [-0.15, -0.1) is 0 Å². The third-order valence-corrected chi connectivity index (χ3v) is 5.46. The van der Waals surface area contributed by atoms with Gasteiger partial charge in [-0.05, 0) is 53.4 Å². The molecule has 5 nitrogen and oxygen atoms in total. The molecule has 0 bridgehead atoms. The number of hydrogen-bond donors (Lipinski definition) is 2. The van der Waals surface area contributed by atoms with E-state index in [0.29, 0.717) is 17.3 Å². The van der Waals surface area contributed by atoms with Gasteiger partial charge >= 0.3 is 0 Å². The normalized spacial score (nSPS) is 13.0. The van der Waals surface area contributed by atoms with E-state index in [1.165, 1.54) is 5.56 Å². The summed E-state index contributed by atoms with van der Waals surface area (Å²) in [5.74, 6) is 0. The van der Waals surface area contributed by atoms with Gasteiger partial charge < -0.3 is 10.6 Å². The van der Waals surface area contributed by atoms with Gasteiger partial charge in [0.05, 0.1) is 12.3 Å². The van der Waals surface area contributed by atoms with Crippen LogP contribution in [0.3, 0.4) is 0 Å². The van der Waals surface area contributed by atoms with E-state index in [4.69, 9.17) is 18.0 Å². The second kappa shape index (κ2) is 8.49. The first-order valence-corrected chi connectivity index (χ1v) is 11.4. The molecule has 0 aliphatic heterocycles. The Morgan fingerprint density at radius 1 is 1.11 bits per heavy atom. The highest BCUT2D eigenvalue weighted by Crippen LogP contribution is 2.26. The lowest BCUT2D eigenvalue weighted by Crippen LogP contribution is -2.37. The van der Waals surface area contributed by atoms with Crippen LogP contribution in [0.5, 0.6) is 0 Å². The molecular formula is C21H29N3O2S2. The van der Waals surface area contributed by atoms with Gasteiger partial charge in [0.2, 0.25) is 10.0 Å². The van der Waals surface area contributed by atoms with Gasteiger partial charge in [0.15, 0.2) is 5.11 Å². The fourth-order valence-corrected chi connectivity index (χ4v) is 3.72. The van der Waals surface area contributed by atoms with Gasteiger partial charge in [-0.1, -0.05) is 57.2 Å². The lowest BCUT2D eigenvalue weighted by atomic mass is 9.86. The summed E-state index contributed by atoms with van der Waals surface area (Å²) in [6.07, 6.45) is 1.13. The molecule has 152 valence electrons. The maximum atomic E-state index is 11.4. The van der Waals surface area contributed by atoms with E-state index in [-0.39, 0.29) is 11.5 Å². The largest absolute Gasteiger partial charge is 0.376 e. The molecule has 3 N–H and O–H groups in total. The van der Waals surface area contributed by atoms with E-state index in [2.05, 4.69) is 49.8 Å². The van der Waals surface area contributed by atoms with Crippen molar-refractivity contribution < 1.29 is 8.42 Å². The molecule has 0 saturated heterocycles. The Labute approximate surface area is 174 Å². The summed E-state index contributed by atoms with van der Waals surface area (Å²) in [5.41, 5.74) is 10.0. The van der Waals surface area contributed by atoms with Crippen molar-refractivity contribution in [3.8, 4) is 0 Å². The molecule has 0 amide bonds. The van der Waals surface area contributed by atoms with Crippen LogP contribution in [0.1, 0.15) is 50.4 Å². The standard InChI is InChI=1S/C21H29N3O2S2/c1-15(17-8-12-19(13-9-17)23-28(5,25)26)24(20(22)27)14-16-6-10-18(11-7-16)21(2,3)4/h6-13,15,23H,14H2,1-5H3,(H2,22,27)/t15-/m0/s1. The van der Waals surface area contributed by atoms with Crippen LogP contribution in [0.15, 0.2) is 48.5 Å². The zero-order valence-electron chi connectivity index (χ0n) is 17.1. The lowest BCUT2D eigenvalue weighted by Gasteiger charge is -2.30. The number of nitrogens with two attached hydrogens (primary N) is 1. The second-order valence-corrected chi connectivity index (χ2v) is 10.3. The van der Waals surface area contributed by atoms with Crippen LogP contribution in [0.4, 0.5) is 5.69 Å². The molecule has 2 rings (SSSR count). The molecule has 1 atom stereocenters. The van der Waals surface area contributed by atoms with E-state index in [9.17, 15) is 8.42 Å². The van der Waals surface area contributed by atoms with Crippen LogP contribution in [0, 0.1) is 0 Å². The van der Waals surface area contributed by atoms with Crippen molar-refractivity contribution in [2.24, 2.45) is 5.73 Å². The highest BCUT2D eigenvalue weighted by atomic mass is 32.2. The fraction of sp³-hybridized carbons (Fsp3) is 0.381. The van der Waals surface area contributed by atoms with Gasteiger partial charge in [-0.25, -0.2) is 8.42 Å². The molecule has 0 unspecified atom stereocenters. The van der Waals surface area contributed by atoms with Crippen molar-refractivity contribution in [1.29, 1.82) is 0 Å². The third kappa shape index (κ3) is 6.21. The van der Waals surface area contributed by atoms with Gasteiger partial charge in [0.1, 0.15) is 0 Å². The van der Waals surface area contributed by atoms with E-state index in [1.807, 2.05) is 24.0 Å². The lowest BCUT2D eigenvalue weighted by molar-refractivity contribution is 0.332. The van der Waals surface area contributed by atoms with Crippen molar-refractivity contribution in [2.45, 2.75) is 45.7 Å². The third-order valence-electron chi connectivity index (χ3n) is 4.62. The maximum absolute atomic E-state index is 11.4. The highest BCUT2D eigenvalue weighted by molar-refractivity contribution is 7.92. The number of rotatable bonds is 6. The number of nitrogens with one attached hydrogen (secondary N) is 1. The summed E-state index contributed by atoms with van der Waals surface area (Å²) >= 11 is 5.29. The van der Waals surface area contributed by atoms with Gasteiger partial charge in [-0.3, -0.25) is 4.72 Å². The Bertz CT molecular complexity index is 916. The first-order chi connectivity index (χ1) is 12.9. The SMILES string of the molecule is C[C@@H](c1ccc(NS(C)(=O)=O)cc1)N(Cc1ccc(C(C)(C)C)cc1)C(N)=S. The summed E-state index contributed by atoms with van der Waals surface area (Å²) in [6, 6.07) is 15.7. The fourth-order valence-electron chi connectivity index (χ4n) is 2.94. The second-order valence-electron chi connectivity index (χ2n) is 8.09. The minimum absolute atomic E-state index is 0.0490. The average molecular weight is 420 g/mol. The quantitative estimate of drug-likeness (QED) is 0.688. The van der Waals surface area contributed by atoms with Crippen LogP contribution in [-0.2, 0) is 22.0 Å². The van der Waals surface area contributed by atoms with Crippen LogP contribution < -0.4 is 10.5 Å². The van der Waals surface area contributed by atoms with E-state index in [1.54, 1.807) is 12.1 Å². The molecule has 0 aromatic heterocycles. The summed E-state index contributed by atoms with van der Waals surface area (Å²) in [5, 5.41) is 0.325. The zero-order valence-corrected chi connectivity index (χ0v) is 18.7. The van der Waals surface area contributed by atoms with E-state index >= 15 is 0 Å². The summed E-state index contributed by atoms with van der Waals surface area (Å²) in [4.78, 5) is 1.96. The van der Waals surface area contributed by atoms with Crippen LogP contribution in [0.25, 0.3) is 0 Å². The molecule has 2 aromatic rings. The Morgan fingerprint density at radius 3 is 2.07 bits per heavy atom. The molecule has 2 aromatic carbocycles. The van der Waals surface area contributed by atoms with Crippen LogP contribution in [-0.4, -0.2) is 24.7 Å². The monoisotopic (exact) mass is 419 g/mol. The van der Waals surface area contributed by atoms with Crippen molar-refractivity contribution in [1.82, 2.24) is 4.90 Å². The highest BCUT2D eigenvalue weighted by Gasteiger charge is 2.19. The number of thiocarbonyl (C=S) groups is 1. The minimum atomic E-state index is -3.30. The molecule has 0 saturated carbocycles. The number of hydrogen-bond acceptors (Lipinski definition) is 3. The number of nitrogens with zero attached hydrogens (tertiary/aromatic N) is 1. The van der Waals surface area contributed by atoms with Crippen molar-refractivity contribution >= 4 is 33.0 Å². The molecule has 0 heterocycles. The Morgan fingerprint density at radius 2 is 1.64 bits per heavy atom. The van der Waals surface area contributed by atoms with Crippen molar-refractivity contribution in [3.05, 3.63) is 65.2 Å². The van der Waals surface area contributed by atoms with E-state index < -0.39 is 10.0 Å². The predicted octanol–water partition coefficient (Wildman–Crippen LogP) is 4.16. The molecule has 0 radical (unpaired) electrons. The Kier molecular flexibility index (Phi) is 6.72. The van der Waals surface area contributed by atoms with Gasteiger partial charge in [0, 0.05) is 12.2 Å². The smallest absolute Gasteiger partial charge is 0.229 e. The number of anilines is 1. The maximum Gasteiger partial charge on any atom is 0.229 e. The molecule has 0 aliphatic rings. The number of sulfonamides is 1. The molecule has 28 heavy (non-hydrogen) atoms. The van der Waals surface area contributed by atoms with Gasteiger partial charge in [0.25, 0.3) is 0 Å². The molecular weight excluding hydrogens is 390 g/mol. The van der Waals surface area contributed by atoms with Gasteiger partial charge in [-0.2, -0.15) is 0 Å². The summed E-state index contributed by atoms with van der Waals surface area (Å²) in [7, 11) is -3.30. The van der Waals surface area contributed by atoms with Crippen molar-refractivity contribution in [2.75, 3.05) is 11.0 Å². The topological polar surface area (TPSA) is 75.4 Å². The van der Waals surface area contributed by atoms with Crippen LogP contribution >= 0.6 is 12.2 Å². The minimum Gasteiger partial charge on any atom is -0.376 e. The van der Waals surface area contributed by atoms with Crippen LogP contribution in [0.2, 0.25) is 0 Å². The summed E-state index contributed by atoms with van der Waals surface area (Å²) < 4.78 is 25.2. The zero-order chi connectivity index (χ0) is 21.1.